The first-order chi connectivity index (χ1) is 16.1. The molecule has 2 aromatic heterocycles. The van der Waals surface area contributed by atoms with E-state index in [-0.39, 0.29) is 11.6 Å². The standard InChI is InChI=1S/C19H23ClN8O4S2/c1-5-11(28-9(3)12(20)8(2)23-28)15(29)21-13-16(30)27-14(18(31)32)10(6-33-17(13)27)7-34-19-22-24-25-26(19)4/h11,13,17H,5-7H2,1-4H3,(H,21,29)(H,31,32)/t11-,13-,17+/m1/s1. The van der Waals surface area contributed by atoms with Crippen LogP contribution in [0.4, 0.5) is 0 Å². The number of nitrogens with one attached hydrogen (secondary N) is 1. The third-order valence-electron chi connectivity index (χ3n) is 5.73. The van der Waals surface area contributed by atoms with E-state index in [1.165, 1.54) is 33.1 Å². The van der Waals surface area contributed by atoms with E-state index in [1.54, 1.807) is 25.6 Å². The topological polar surface area (TPSA) is 148 Å². The van der Waals surface area contributed by atoms with E-state index in [4.69, 9.17) is 11.6 Å². The third kappa shape index (κ3) is 4.18. The molecule has 2 aliphatic rings. The first-order valence-corrected chi connectivity index (χ1v) is 12.8. The molecule has 2 N–H and O–H groups in total. The number of aliphatic carboxylic acids is 1. The fourth-order valence-corrected chi connectivity index (χ4v) is 6.41. The first kappa shape index (κ1) is 24.5. The normalized spacial score (nSPS) is 20.7. The fraction of sp³-hybridized carbons (Fsp3) is 0.526. The van der Waals surface area contributed by atoms with Crippen molar-refractivity contribution in [3.63, 3.8) is 0 Å². The number of fused-ring (bicyclic) bond motifs is 1. The lowest BCUT2D eigenvalue weighted by atomic mass is 10.0. The quantitative estimate of drug-likeness (QED) is 0.379. The van der Waals surface area contributed by atoms with Gasteiger partial charge in [-0.3, -0.25) is 19.2 Å². The molecule has 0 spiro atoms. The number of rotatable bonds is 8. The fourth-order valence-electron chi connectivity index (χ4n) is 3.95. The van der Waals surface area contributed by atoms with Gasteiger partial charge in [0, 0.05) is 18.6 Å². The molecule has 4 rings (SSSR count). The highest BCUT2D eigenvalue weighted by molar-refractivity contribution is 8.01. The molecule has 2 aliphatic heterocycles. The van der Waals surface area contributed by atoms with Crippen LogP contribution in [0, 0.1) is 13.8 Å². The maximum Gasteiger partial charge on any atom is 0.352 e. The molecule has 0 bridgehead atoms. The minimum Gasteiger partial charge on any atom is -0.477 e. The molecule has 2 aromatic rings. The summed E-state index contributed by atoms with van der Waals surface area (Å²) < 4.78 is 3.06. The van der Waals surface area contributed by atoms with E-state index >= 15 is 0 Å². The summed E-state index contributed by atoms with van der Waals surface area (Å²) in [6.45, 7) is 5.39. The van der Waals surface area contributed by atoms with Crippen molar-refractivity contribution in [1.82, 2.24) is 40.2 Å². The van der Waals surface area contributed by atoms with Crippen LogP contribution >= 0.6 is 35.1 Å². The van der Waals surface area contributed by atoms with E-state index in [9.17, 15) is 19.5 Å². The number of aromatic nitrogens is 6. The van der Waals surface area contributed by atoms with Crippen molar-refractivity contribution in [2.45, 2.75) is 49.8 Å². The van der Waals surface area contributed by atoms with Gasteiger partial charge in [0.25, 0.3) is 5.91 Å². The number of thioether (sulfide) groups is 2. The van der Waals surface area contributed by atoms with Gasteiger partial charge in [-0.25, -0.2) is 9.48 Å². The van der Waals surface area contributed by atoms with E-state index in [0.29, 0.717) is 45.1 Å². The van der Waals surface area contributed by atoms with Gasteiger partial charge >= 0.3 is 5.97 Å². The Morgan fingerprint density at radius 3 is 2.68 bits per heavy atom. The van der Waals surface area contributed by atoms with E-state index in [2.05, 4.69) is 25.9 Å². The second-order valence-corrected chi connectivity index (χ2v) is 10.3. The van der Waals surface area contributed by atoms with Crippen LogP contribution in [0.2, 0.25) is 5.02 Å². The Kier molecular flexibility index (Phi) is 6.92. The van der Waals surface area contributed by atoms with Crippen molar-refractivity contribution in [1.29, 1.82) is 0 Å². The predicted octanol–water partition coefficient (Wildman–Crippen LogP) is 1.16. The Balaban J connectivity index is 1.49. The van der Waals surface area contributed by atoms with Crippen LogP contribution in [0.3, 0.4) is 0 Å². The molecule has 34 heavy (non-hydrogen) atoms. The molecule has 0 unspecified atom stereocenters. The van der Waals surface area contributed by atoms with Crippen molar-refractivity contribution in [2.24, 2.45) is 7.05 Å². The van der Waals surface area contributed by atoms with E-state index in [1.807, 2.05) is 6.92 Å². The van der Waals surface area contributed by atoms with Crippen molar-refractivity contribution in [3.8, 4) is 0 Å². The van der Waals surface area contributed by atoms with Crippen molar-refractivity contribution in [2.75, 3.05) is 11.5 Å². The number of carboxylic acid groups (broad SMARTS) is 1. The maximum absolute atomic E-state index is 13.1. The molecule has 1 saturated heterocycles. The molecule has 3 atom stereocenters. The lowest BCUT2D eigenvalue weighted by molar-refractivity contribution is -0.151. The van der Waals surface area contributed by atoms with Gasteiger partial charge in [0.05, 0.1) is 16.4 Å². The van der Waals surface area contributed by atoms with Crippen LogP contribution in [0.15, 0.2) is 16.4 Å². The monoisotopic (exact) mass is 526 g/mol. The highest BCUT2D eigenvalue weighted by Crippen LogP contribution is 2.41. The summed E-state index contributed by atoms with van der Waals surface area (Å²) in [5.41, 5.74) is 1.85. The number of hydrogen-bond donors (Lipinski definition) is 2. The maximum atomic E-state index is 13.1. The lowest BCUT2D eigenvalue weighted by Crippen LogP contribution is -2.71. The Hall–Kier alpha value is -2.58. The second kappa shape index (κ2) is 9.58. The van der Waals surface area contributed by atoms with Crippen LogP contribution in [-0.2, 0) is 21.4 Å². The van der Waals surface area contributed by atoms with Crippen LogP contribution in [0.25, 0.3) is 0 Å². The van der Waals surface area contributed by atoms with Gasteiger partial charge in [-0.1, -0.05) is 30.3 Å². The zero-order valence-electron chi connectivity index (χ0n) is 18.9. The highest BCUT2D eigenvalue weighted by Gasteiger charge is 2.54. The first-order valence-electron chi connectivity index (χ1n) is 10.4. The molecule has 2 amide bonds. The average Bonchev–Trinajstić information content (AvgIpc) is 3.33. The van der Waals surface area contributed by atoms with Gasteiger partial charge in [0.1, 0.15) is 23.2 Å². The number of halogens is 1. The van der Waals surface area contributed by atoms with Crippen molar-refractivity contribution >= 4 is 52.9 Å². The molecule has 0 aliphatic carbocycles. The largest absolute Gasteiger partial charge is 0.477 e. The van der Waals surface area contributed by atoms with Crippen LogP contribution in [0.1, 0.15) is 30.8 Å². The summed E-state index contributed by atoms with van der Waals surface area (Å²) in [6.07, 6.45) is 0.450. The zero-order chi connectivity index (χ0) is 24.7. The predicted molar refractivity (Wildman–Crippen MR) is 125 cm³/mol. The number of carbonyl (C=O) groups excluding carboxylic acids is 2. The number of hydrogen-bond acceptors (Lipinski definition) is 9. The molecule has 0 saturated carbocycles. The molecule has 0 aromatic carbocycles. The summed E-state index contributed by atoms with van der Waals surface area (Å²) in [5, 5.41) is 28.8. The van der Waals surface area contributed by atoms with Crippen molar-refractivity contribution in [3.05, 3.63) is 27.7 Å². The number of carbonyl (C=O) groups is 3. The van der Waals surface area contributed by atoms with Crippen LogP contribution in [-0.4, -0.2) is 80.7 Å². The highest BCUT2D eigenvalue weighted by atomic mass is 35.5. The number of tetrazole rings is 1. The molecule has 1 fully saturated rings. The summed E-state index contributed by atoms with van der Waals surface area (Å²) in [5.74, 6) is -1.26. The molecule has 4 heterocycles. The Bertz CT molecular complexity index is 1200. The number of aryl methyl sites for hydroxylation is 2. The molecule has 0 radical (unpaired) electrons. The zero-order valence-corrected chi connectivity index (χ0v) is 21.2. The van der Waals surface area contributed by atoms with Gasteiger partial charge < -0.3 is 10.4 Å². The number of carboxylic acids is 1. The van der Waals surface area contributed by atoms with Gasteiger partial charge in [0.2, 0.25) is 11.1 Å². The van der Waals surface area contributed by atoms with Crippen LogP contribution in [0.5, 0.6) is 0 Å². The molecule has 15 heteroatoms. The summed E-state index contributed by atoms with van der Waals surface area (Å²) in [4.78, 5) is 39.3. The van der Waals surface area contributed by atoms with Crippen LogP contribution < -0.4 is 5.32 Å². The number of nitrogens with zero attached hydrogens (tertiary/aromatic N) is 7. The number of β-lactam (4-membered cyclic amide) rings is 1. The SMILES string of the molecule is CC[C@H](C(=O)N[C@@H]1C(=O)N2C(C(=O)O)=C(CSc3nnnn3C)CS[C@@H]12)n1nc(C)c(Cl)c1C. The van der Waals surface area contributed by atoms with Gasteiger partial charge in [-0.15, -0.1) is 16.9 Å². The smallest absolute Gasteiger partial charge is 0.352 e. The van der Waals surface area contributed by atoms with Gasteiger partial charge in [-0.2, -0.15) is 5.10 Å². The second-order valence-electron chi connectivity index (χ2n) is 7.88. The molecular weight excluding hydrogens is 504 g/mol. The Morgan fingerprint density at radius 1 is 1.38 bits per heavy atom. The summed E-state index contributed by atoms with van der Waals surface area (Å²) in [7, 11) is 1.69. The summed E-state index contributed by atoms with van der Waals surface area (Å²) >= 11 is 8.95. The molecular formula is C19H23ClN8O4S2. The van der Waals surface area contributed by atoms with Gasteiger partial charge in [0.15, 0.2) is 0 Å². The number of amides is 2. The lowest BCUT2D eigenvalue weighted by Gasteiger charge is -2.49. The summed E-state index contributed by atoms with van der Waals surface area (Å²) in [6, 6.07) is -1.45. The van der Waals surface area contributed by atoms with E-state index in [0.717, 1.165) is 0 Å². The Morgan fingerprint density at radius 2 is 2.12 bits per heavy atom. The molecule has 12 nitrogen and oxygen atoms in total. The average molecular weight is 527 g/mol. The van der Waals surface area contributed by atoms with Crippen molar-refractivity contribution < 1.29 is 19.5 Å². The third-order valence-corrected chi connectivity index (χ3v) is 8.71. The minimum atomic E-state index is -1.18. The molecule has 182 valence electrons. The Labute approximate surface area is 208 Å². The van der Waals surface area contributed by atoms with Gasteiger partial charge in [-0.05, 0) is 36.3 Å². The minimum absolute atomic E-state index is 0.0424. The van der Waals surface area contributed by atoms with E-state index < -0.39 is 29.3 Å².